The maximum atomic E-state index is 12.2. The van der Waals surface area contributed by atoms with Crippen molar-refractivity contribution >= 4 is 23.2 Å². The molecule has 5 nitrogen and oxygen atoms in total. The molecule has 22 heavy (non-hydrogen) atoms. The van der Waals surface area contributed by atoms with E-state index in [0.717, 1.165) is 19.4 Å². The van der Waals surface area contributed by atoms with Crippen LogP contribution < -0.4 is 9.47 Å². The molecule has 0 aromatic heterocycles. The first-order valence-corrected chi connectivity index (χ1v) is 7.71. The van der Waals surface area contributed by atoms with E-state index in [1.165, 1.54) is 0 Å². The zero-order chi connectivity index (χ0) is 15.9. The van der Waals surface area contributed by atoms with Crippen molar-refractivity contribution < 1.29 is 19.0 Å². The van der Waals surface area contributed by atoms with E-state index in [9.17, 15) is 4.79 Å². The molecule has 1 aromatic carbocycles. The number of rotatable bonds is 6. The van der Waals surface area contributed by atoms with Gasteiger partial charge in [-0.25, -0.2) is 0 Å². The number of nitrogens with zero attached hydrogens (tertiary/aromatic N) is 1. The second-order valence-corrected chi connectivity index (χ2v) is 5.70. The molecule has 1 atom stereocenters. The minimum Gasteiger partial charge on any atom is -0.493 e. The number of amides is 1. The molecule has 0 unspecified atom stereocenters. The van der Waals surface area contributed by atoms with Gasteiger partial charge in [-0.1, -0.05) is 12.1 Å². The smallest absolute Gasteiger partial charge is 0.260 e. The van der Waals surface area contributed by atoms with E-state index in [-0.39, 0.29) is 18.6 Å². The quantitative estimate of drug-likeness (QED) is 0.753. The first-order valence-electron chi connectivity index (χ1n) is 7.30. The molecule has 0 spiro atoms. The van der Waals surface area contributed by atoms with Crippen LogP contribution in [0.1, 0.15) is 19.8 Å². The van der Waals surface area contributed by atoms with Crippen molar-refractivity contribution in [2.24, 2.45) is 0 Å². The number of likely N-dealkylation sites (tertiary alicyclic amines) is 1. The average molecular weight is 323 g/mol. The number of hydrogen-bond donors (Lipinski definition) is 0. The van der Waals surface area contributed by atoms with Gasteiger partial charge >= 0.3 is 0 Å². The zero-order valence-corrected chi connectivity index (χ0v) is 13.7. The van der Waals surface area contributed by atoms with Gasteiger partial charge < -0.3 is 19.1 Å². The number of para-hydroxylation sites is 2. The predicted molar refractivity (Wildman–Crippen MR) is 87.4 cm³/mol. The molecule has 2 rings (SSSR count). The maximum absolute atomic E-state index is 12.2. The normalized spacial score (nSPS) is 17.2. The number of methoxy groups -OCH3 is 1. The summed E-state index contributed by atoms with van der Waals surface area (Å²) in [4.78, 5) is 14.0. The Morgan fingerprint density at radius 3 is 2.77 bits per heavy atom. The molecule has 0 bridgehead atoms. The van der Waals surface area contributed by atoms with E-state index in [2.05, 4.69) is 0 Å². The average Bonchev–Trinajstić information content (AvgIpc) is 2.99. The lowest BCUT2D eigenvalue weighted by atomic mass is 10.2. The second kappa shape index (κ2) is 7.98. The summed E-state index contributed by atoms with van der Waals surface area (Å²) in [5, 5.41) is 0.384. The first kappa shape index (κ1) is 16.5. The van der Waals surface area contributed by atoms with Gasteiger partial charge in [0, 0.05) is 13.5 Å². The van der Waals surface area contributed by atoms with Crippen LogP contribution in [-0.4, -0.2) is 48.8 Å². The van der Waals surface area contributed by atoms with Gasteiger partial charge in [-0.15, -0.1) is 0 Å². The molecule has 1 amide bonds. The van der Waals surface area contributed by atoms with Crippen molar-refractivity contribution in [3.63, 3.8) is 0 Å². The number of thiocarbonyl (C=S) groups is 1. The molecule has 1 aliphatic rings. The largest absolute Gasteiger partial charge is 0.493 e. The fourth-order valence-corrected chi connectivity index (χ4v) is 2.57. The van der Waals surface area contributed by atoms with Crippen molar-refractivity contribution in [1.29, 1.82) is 0 Å². The highest BCUT2D eigenvalue weighted by molar-refractivity contribution is 7.80. The fourth-order valence-electron chi connectivity index (χ4n) is 2.51. The third kappa shape index (κ3) is 4.34. The molecule has 120 valence electrons. The van der Waals surface area contributed by atoms with E-state index in [1.807, 2.05) is 29.2 Å². The van der Waals surface area contributed by atoms with E-state index in [0.29, 0.717) is 23.2 Å². The van der Waals surface area contributed by atoms with Crippen LogP contribution in [0.15, 0.2) is 24.3 Å². The lowest BCUT2D eigenvalue weighted by Crippen LogP contribution is -2.41. The highest BCUT2D eigenvalue weighted by Gasteiger charge is 2.29. The molecule has 1 aromatic rings. The Kier molecular flexibility index (Phi) is 6.00. The van der Waals surface area contributed by atoms with Gasteiger partial charge in [0.2, 0.25) is 0 Å². The van der Waals surface area contributed by atoms with Crippen LogP contribution in [0.25, 0.3) is 0 Å². The number of hydrogen-bond acceptors (Lipinski definition) is 5. The van der Waals surface area contributed by atoms with Crippen molar-refractivity contribution in [2.75, 3.05) is 26.9 Å². The SMILES string of the molecule is COc1ccccc1OC[C@@H]1CCCN1C(=O)COC(C)=S. The van der Waals surface area contributed by atoms with Crippen molar-refractivity contribution in [3.05, 3.63) is 24.3 Å². The number of ether oxygens (including phenoxy) is 3. The van der Waals surface area contributed by atoms with Gasteiger partial charge in [0.1, 0.15) is 6.61 Å². The van der Waals surface area contributed by atoms with Gasteiger partial charge in [-0.05, 0) is 37.2 Å². The van der Waals surface area contributed by atoms with E-state index in [4.69, 9.17) is 26.4 Å². The molecule has 0 N–H and O–H groups in total. The van der Waals surface area contributed by atoms with E-state index < -0.39 is 0 Å². The molecular weight excluding hydrogens is 302 g/mol. The Morgan fingerprint density at radius 2 is 2.09 bits per heavy atom. The third-order valence-electron chi connectivity index (χ3n) is 3.60. The Morgan fingerprint density at radius 1 is 1.36 bits per heavy atom. The zero-order valence-electron chi connectivity index (χ0n) is 12.9. The van der Waals surface area contributed by atoms with Crippen LogP contribution in [-0.2, 0) is 9.53 Å². The van der Waals surface area contributed by atoms with Crippen molar-refractivity contribution in [1.82, 2.24) is 4.90 Å². The van der Waals surface area contributed by atoms with Crippen LogP contribution >= 0.6 is 12.2 Å². The fraction of sp³-hybridized carbons (Fsp3) is 0.500. The molecule has 1 saturated heterocycles. The minimum atomic E-state index is -0.0460. The Labute approximate surface area is 136 Å². The molecule has 1 fully saturated rings. The molecule has 1 aliphatic heterocycles. The maximum Gasteiger partial charge on any atom is 0.260 e. The van der Waals surface area contributed by atoms with Crippen molar-refractivity contribution in [2.45, 2.75) is 25.8 Å². The van der Waals surface area contributed by atoms with Crippen LogP contribution in [0.3, 0.4) is 0 Å². The van der Waals surface area contributed by atoms with Crippen LogP contribution in [0, 0.1) is 0 Å². The number of carbonyl (C=O) groups is 1. The highest BCUT2D eigenvalue weighted by Crippen LogP contribution is 2.27. The lowest BCUT2D eigenvalue weighted by molar-refractivity contribution is -0.135. The van der Waals surface area contributed by atoms with E-state index in [1.54, 1.807) is 14.0 Å². The van der Waals surface area contributed by atoms with Crippen molar-refractivity contribution in [3.8, 4) is 11.5 Å². The molecule has 0 aliphatic carbocycles. The second-order valence-electron chi connectivity index (χ2n) is 5.13. The molecule has 6 heteroatoms. The molecular formula is C16H21NO4S. The summed E-state index contributed by atoms with van der Waals surface area (Å²) in [7, 11) is 1.61. The summed E-state index contributed by atoms with van der Waals surface area (Å²) < 4.78 is 16.2. The highest BCUT2D eigenvalue weighted by atomic mass is 32.1. The van der Waals surface area contributed by atoms with Crippen LogP contribution in [0.5, 0.6) is 11.5 Å². The Balaban J connectivity index is 1.91. The summed E-state index contributed by atoms with van der Waals surface area (Å²) in [5.74, 6) is 1.34. The summed E-state index contributed by atoms with van der Waals surface area (Å²) in [6.45, 7) is 2.84. The van der Waals surface area contributed by atoms with Crippen LogP contribution in [0.4, 0.5) is 0 Å². The van der Waals surface area contributed by atoms with Gasteiger partial charge in [0.25, 0.3) is 5.91 Å². The Bertz CT molecular complexity index is 535. The third-order valence-corrected chi connectivity index (χ3v) is 3.71. The minimum absolute atomic E-state index is 0.000488. The monoisotopic (exact) mass is 323 g/mol. The predicted octanol–water partition coefficient (Wildman–Crippen LogP) is 2.43. The topological polar surface area (TPSA) is 48.0 Å². The first-order chi connectivity index (χ1) is 10.6. The number of carbonyl (C=O) groups excluding carboxylic acids is 1. The summed E-state index contributed by atoms with van der Waals surface area (Å²) in [6, 6.07) is 7.56. The summed E-state index contributed by atoms with van der Waals surface area (Å²) >= 11 is 4.83. The van der Waals surface area contributed by atoms with Gasteiger partial charge in [-0.3, -0.25) is 4.79 Å². The lowest BCUT2D eigenvalue weighted by Gasteiger charge is -2.25. The summed E-state index contributed by atoms with van der Waals surface area (Å²) in [5.41, 5.74) is 0. The van der Waals surface area contributed by atoms with Gasteiger partial charge in [0.05, 0.1) is 13.2 Å². The van der Waals surface area contributed by atoms with Gasteiger partial charge in [0.15, 0.2) is 23.2 Å². The van der Waals surface area contributed by atoms with Crippen LogP contribution in [0.2, 0.25) is 0 Å². The summed E-state index contributed by atoms with van der Waals surface area (Å²) in [6.07, 6.45) is 1.90. The Hall–Kier alpha value is -1.82. The molecule has 0 saturated carbocycles. The van der Waals surface area contributed by atoms with E-state index >= 15 is 0 Å². The van der Waals surface area contributed by atoms with Gasteiger partial charge in [-0.2, -0.15) is 0 Å². The standard InChI is InChI=1S/C16H21NO4S/c1-12(22)20-11-16(18)17-9-5-6-13(17)10-21-15-8-4-3-7-14(15)19-2/h3-4,7-8,13H,5-6,9-11H2,1-2H3/t13-/m0/s1. The molecule has 0 radical (unpaired) electrons. The number of benzene rings is 1. The molecule has 1 heterocycles.